The van der Waals surface area contributed by atoms with Crippen LogP contribution in [0, 0.1) is 5.92 Å². The maximum atomic E-state index is 11.7. The van der Waals surface area contributed by atoms with E-state index in [0.717, 1.165) is 24.0 Å². The summed E-state index contributed by atoms with van der Waals surface area (Å²) in [6.45, 7) is -0.227. The van der Waals surface area contributed by atoms with Crippen molar-refractivity contribution in [2.24, 2.45) is 5.92 Å². The van der Waals surface area contributed by atoms with Crippen LogP contribution in [0.25, 0.3) is 11.1 Å². The van der Waals surface area contributed by atoms with E-state index in [2.05, 4.69) is 10.9 Å². The topological polar surface area (TPSA) is 67.4 Å². The molecule has 0 radical (unpaired) electrons. The van der Waals surface area contributed by atoms with Crippen molar-refractivity contribution in [1.82, 2.24) is 10.9 Å². The summed E-state index contributed by atoms with van der Waals surface area (Å²) in [7, 11) is 0. The molecule has 0 heterocycles. The minimum Gasteiger partial charge on any atom is -0.482 e. The first-order valence-corrected chi connectivity index (χ1v) is 8.08. The predicted octanol–water partition coefficient (Wildman–Crippen LogP) is 2.94. The second kappa shape index (κ2) is 7.36. The molecule has 1 saturated carbocycles. The molecule has 0 bridgehead atoms. The third kappa shape index (κ3) is 4.26. The molecule has 0 atom stereocenters. The van der Waals surface area contributed by atoms with Crippen molar-refractivity contribution < 1.29 is 14.3 Å². The molecule has 3 rings (SSSR count). The van der Waals surface area contributed by atoms with E-state index in [1.807, 2.05) is 36.4 Å². The highest BCUT2D eigenvalue weighted by Crippen LogP contribution is 2.30. The van der Waals surface area contributed by atoms with E-state index in [1.165, 1.54) is 0 Å². The number of hydrogen-bond donors (Lipinski definition) is 2. The van der Waals surface area contributed by atoms with Crippen LogP contribution >= 0.6 is 11.6 Å². The lowest BCUT2D eigenvalue weighted by molar-refractivity contribution is -0.130. The van der Waals surface area contributed by atoms with Crippen molar-refractivity contribution in [2.45, 2.75) is 12.8 Å². The minimum atomic E-state index is -0.438. The van der Waals surface area contributed by atoms with Gasteiger partial charge in [-0.2, -0.15) is 0 Å². The summed E-state index contributed by atoms with van der Waals surface area (Å²) in [5.74, 6) is -0.146. The zero-order chi connectivity index (χ0) is 16.9. The smallest absolute Gasteiger partial charge is 0.276 e. The summed E-state index contributed by atoms with van der Waals surface area (Å²) >= 11 is 6.21. The first-order chi connectivity index (χ1) is 11.6. The highest BCUT2D eigenvalue weighted by atomic mass is 35.5. The molecule has 24 heavy (non-hydrogen) atoms. The Kier molecular flexibility index (Phi) is 5.01. The molecule has 2 aromatic carbocycles. The number of nitrogens with one attached hydrogen (secondary N) is 2. The average Bonchev–Trinajstić information content (AvgIpc) is 3.44. The molecule has 0 aromatic heterocycles. The Morgan fingerprint density at radius 1 is 1.04 bits per heavy atom. The first-order valence-electron chi connectivity index (χ1n) is 7.70. The van der Waals surface area contributed by atoms with Gasteiger partial charge in [0.2, 0.25) is 5.91 Å². The van der Waals surface area contributed by atoms with Crippen LogP contribution in [-0.4, -0.2) is 18.4 Å². The number of carbonyl (C=O) groups excluding carboxylic acids is 2. The normalized spacial score (nSPS) is 13.2. The van der Waals surface area contributed by atoms with Crippen molar-refractivity contribution in [3.05, 3.63) is 53.6 Å². The lowest BCUT2D eigenvalue weighted by Gasteiger charge is -2.10. The molecule has 2 amide bonds. The molecule has 1 aliphatic rings. The number of carbonyl (C=O) groups is 2. The fraction of sp³-hybridized carbons (Fsp3) is 0.222. The van der Waals surface area contributed by atoms with Crippen LogP contribution in [0.5, 0.6) is 5.75 Å². The largest absolute Gasteiger partial charge is 0.482 e. The SMILES string of the molecule is O=C(COc1ccc(-c2ccccc2)cc1Cl)NNC(=O)C1CC1. The summed E-state index contributed by atoms with van der Waals surface area (Å²) in [6.07, 6.45) is 1.75. The molecule has 2 N–H and O–H groups in total. The van der Waals surface area contributed by atoms with Crippen LogP contribution in [0.3, 0.4) is 0 Å². The van der Waals surface area contributed by atoms with E-state index in [4.69, 9.17) is 16.3 Å². The fourth-order valence-electron chi connectivity index (χ4n) is 2.19. The third-order valence-electron chi connectivity index (χ3n) is 3.67. The van der Waals surface area contributed by atoms with Crippen molar-refractivity contribution >= 4 is 23.4 Å². The van der Waals surface area contributed by atoms with E-state index in [9.17, 15) is 9.59 Å². The molecule has 0 aliphatic heterocycles. The molecular formula is C18H17ClN2O3. The maximum absolute atomic E-state index is 11.7. The lowest BCUT2D eigenvalue weighted by atomic mass is 10.1. The average molecular weight is 345 g/mol. The van der Waals surface area contributed by atoms with Crippen LogP contribution in [0.15, 0.2) is 48.5 Å². The van der Waals surface area contributed by atoms with E-state index in [-0.39, 0.29) is 18.4 Å². The van der Waals surface area contributed by atoms with Crippen molar-refractivity contribution in [2.75, 3.05) is 6.61 Å². The molecule has 2 aromatic rings. The van der Waals surface area contributed by atoms with E-state index < -0.39 is 5.91 Å². The first kappa shape index (κ1) is 16.3. The number of ether oxygens (including phenoxy) is 1. The lowest BCUT2D eigenvalue weighted by Crippen LogP contribution is -2.44. The van der Waals surface area contributed by atoms with Crippen molar-refractivity contribution in [3.63, 3.8) is 0 Å². The summed E-state index contributed by atoms with van der Waals surface area (Å²) in [4.78, 5) is 23.1. The monoisotopic (exact) mass is 344 g/mol. The summed E-state index contributed by atoms with van der Waals surface area (Å²) in [5, 5.41) is 0.422. The quantitative estimate of drug-likeness (QED) is 0.819. The Labute approximate surface area is 144 Å². The Balaban J connectivity index is 1.53. The fourth-order valence-corrected chi connectivity index (χ4v) is 2.42. The molecule has 0 spiro atoms. The maximum Gasteiger partial charge on any atom is 0.276 e. The zero-order valence-corrected chi connectivity index (χ0v) is 13.7. The van der Waals surface area contributed by atoms with Gasteiger partial charge in [-0.3, -0.25) is 20.4 Å². The van der Waals surface area contributed by atoms with Crippen LogP contribution in [0.2, 0.25) is 5.02 Å². The number of hydrogen-bond acceptors (Lipinski definition) is 3. The van der Waals surface area contributed by atoms with Gasteiger partial charge in [0.05, 0.1) is 5.02 Å². The zero-order valence-electron chi connectivity index (χ0n) is 12.9. The summed E-state index contributed by atoms with van der Waals surface area (Å²) < 4.78 is 5.40. The number of halogens is 1. The van der Waals surface area contributed by atoms with E-state index in [1.54, 1.807) is 12.1 Å². The van der Waals surface area contributed by atoms with E-state index in [0.29, 0.717) is 10.8 Å². The number of benzene rings is 2. The second-order valence-corrected chi connectivity index (χ2v) is 6.02. The molecule has 0 unspecified atom stereocenters. The standard InChI is InChI=1S/C18H17ClN2O3/c19-15-10-14(12-4-2-1-3-5-12)8-9-16(15)24-11-17(22)20-21-18(23)13-6-7-13/h1-5,8-10,13H,6-7,11H2,(H,20,22)(H,21,23). The van der Waals surface area contributed by atoms with Gasteiger partial charge in [0.25, 0.3) is 5.91 Å². The molecule has 6 heteroatoms. The van der Waals surface area contributed by atoms with Gasteiger partial charge in [-0.1, -0.05) is 48.0 Å². The van der Waals surface area contributed by atoms with Gasteiger partial charge in [0.15, 0.2) is 6.61 Å². The number of rotatable bonds is 5. The van der Waals surface area contributed by atoms with Gasteiger partial charge < -0.3 is 4.74 Å². The molecule has 1 fully saturated rings. The van der Waals surface area contributed by atoms with Gasteiger partial charge >= 0.3 is 0 Å². The second-order valence-electron chi connectivity index (χ2n) is 5.61. The molecular weight excluding hydrogens is 328 g/mol. The summed E-state index contributed by atoms with van der Waals surface area (Å²) in [5.41, 5.74) is 6.71. The van der Waals surface area contributed by atoms with Crippen LogP contribution in [0.4, 0.5) is 0 Å². The van der Waals surface area contributed by atoms with Gasteiger partial charge in [0.1, 0.15) is 5.75 Å². The molecule has 5 nitrogen and oxygen atoms in total. The molecule has 1 aliphatic carbocycles. The van der Waals surface area contributed by atoms with E-state index >= 15 is 0 Å². The Morgan fingerprint density at radius 3 is 2.46 bits per heavy atom. The predicted molar refractivity (Wildman–Crippen MR) is 91.4 cm³/mol. The van der Waals surface area contributed by atoms with Crippen molar-refractivity contribution in [3.8, 4) is 16.9 Å². The highest BCUT2D eigenvalue weighted by molar-refractivity contribution is 6.32. The van der Waals surface area contributed by atoms with Crippen LogP contribution < -0.4 is 15.6 Å². The van der Waals surface area contributed by atoms with Gasteiger partial charge in [-0.15, -0.1) is 0 Å². The Bertz CT molecular complexity index is 745. The Hall–Kier alpha value is -2.53. The number of amides is 2. The number of hydrazine groups is 1. The Morgan fingerprint density at radius 2 is 1.79 bits per heavy atom. The molecule has 124 valence electrons. The van der Waals surface area contributed by atoms with Crippen LogP contribution in [0.1, 0.15) is 12.8 Å². The third-order valence-corrected chi connectivity index (χ3v) is 3.97. The van der Waals surface area contributed by atoms with Crippen LogP contribution in [-0.2, 0) is 9.59 Å². The highest BCUT2D eigenvalue weighted by Gasteiger charge is 2.29. The minimum absolute atomic E-state index is 0.0335. The van der Waals surface area contributed by atoms with Gasteiger partial charge in [-0.05, 0) is 36.1 Å². The van der Waals surface area contributed by atoms with Gasteiger partial charge in [0, 0.05) is 5.92 Å². The van der Waals surface area contributed by atoms with Gasteiger partial charge in [-0.25, -0.2) is 0 Å². The van der Waals surface area contributed by atoms with Crippen molar-refractivity contribution in [1.29, 1.82) is 0 Å². The molecule has 0 saturated heterocycles. The summed E-state index contributed by atoms with van der Waals surface area (Å²) in [6, 6.07) is 15.2.